The molecule has 1 aromatic rings. The number of benzene rings is 1. The second kappa shape index (κ2) is 7.34. The van der Waals surface area contributed by atoms with Gasteiger partial charge in [0.25, 0.3) is 0 Å². The molecule has 1 aliphatic carbocycles. The summed E-state index contributed by atoms with van der Waals surface area (Å²) in [7, 11) is -1.44. The van der Waals surface area contributed by atoms with Gasteiger partial charge in [-0.05, 0) is 30.9 Å². The molecule has 0 bridgehead atoms. The molecule has 6 nitrogen and oxygen atoms in total. The smallest absolute Gasteiger partial charge is 0.226 e. The molecule has 8 heteroatoms. The van der Waals surface area contributed by atoms with Crippen LogP contribution in [0.15, 0.2) is 24.3 Å². The standard InChI is InChI=1S/C18H23FN2O4S/c1-21(13-7-9-26(24,25)11-13)18(23)15-10-14(15)17(22)20-8-6-12-4-2-3-5-16(12)19/h2-5,13-15H,6-11H2,1H3,(H,20,22). The van der Waals surface area contributed by atoms with Crippen LogP contribution in [0.25, 0.3) is 0 Å². The van der Waals surface area contributed by atoms with Gasteiger partial charge in [0.15, 0.2) is 9.84 Å². The number of amides is 2. The van der Waals surface area contributed by atoms with E-state index in [1.165, 1.54) is 11.0 Å². The van der Waals surface area contributed by atoms with Crippen molar-refractivity contribution < 1.29 is 22.4 Å². The number of carbonyl (C=O) groups is 2. The Balaban J connectivity index is 1.45. The monoisotopic (exact) mass is 382 g/mol. The number of sulfone groups is 1. The third-order valence-electron chi connectivity index (χ3n) is 5.20. The van der Waals surface area contributed by atoms with Gasteiger partial charge in [0.05, 0.1) is 23.3 Å². The van der Waals surface area contributed by atoms with Crippen LogP contribution in [0.4, 0.5) is 4.39 Å². The summed E-state index contributed by atoms with van der Waals surface area (Å²) in [6.45, 7) is 0.313. The molecule has 0 spiro atoms. The molecule has 3 unspecified atom stereocenters. The van der Waals surface area contributed by atoms with Crippen LogP contribution in [0, 0.1) is 17.7 Å². The Kier molecular flexibility index (Phi) is 5.32. The lowest BCUT2D eigenvalue weighted by molar-refractivity contribution is -0.135. The Morgan fingerprint density at radius 1 is 1.27 bits per heavy atom. The molecule has 1 saturated heterocycles. The largest absolute Gasteiger partial charge is 0.356 e. The number of nitrogens with one attached hydrogen (secondary N) is 1. The molecule has 2 aliphatic rings. The van der Waals surface area contributed by atoms with Gasteiger partial charge in [0.2, 0.25) is 11.8 Å². The summed E-state index contributed by atoms with van der Waals surface area (Å²) in [6.07, 6.45) is 1.33. The molecule has 1 aliphatic heterocycles. The Morgan fingerprint density at radius 3 is 2.65 bits per heavy atom. The fourth-order valence-corrected chi connectivity index (χ4v) is 5.21. The van der Waals surface area contributed by atoms with Crippen molar-refractivity contribution >= 4 is 21.7 Å². The van der Waals surface area contributed by atoms with Gasteiger partial charge in [0.1, 0.15) is 5.82 Å². The number of halogens is 1. The van der Waals surface area contributed by atoms with Gasteiger partial charge in [-0.3, -0.25) is 9.59 Å². The van der Waals surface area contributed by atoms with Crippen LogP contribution in [0.1, 0.15) is 18.4 Å². The van der Waals surface area contributed by atoms with Gasteiger partial charge in [-0.2, -0.15) is 0 Å². The van der Waals surface area contributed by atoms with Crippen LogP contribution in [0.5, 0.6) is 0 Å². The summed E-state index contributed by atoms with van der Waals surface area (Å²) in [5, 5.41) is 2.75. The van der Waals surface area contributed by atoms with E-state index in [1.807, 2.05) is 0 Å². The first-order valence-electron chi connectivity index (χ1n) is 8.77. The van der Waals surface area contributed by atoms with E-state index in [1.54, 1.807) is 25.2 Å². The predicted molar refractivity (Wildman–Crippen MR) is 94.5 cm³/mol. The Labute approximate surface area is 152 Å². The van der Waals surface area contributed by atoms with Gasteiger partial charge >= 0.3 is 0 Å². The van der Waals surface area contributed by atoms with Crippen LogP contribution < -0.4 is 5.32 Å². The van der Waals surface area contributed by atoms with Crippen molar-refractivity contribution in [3.63, 3.8) is 0 Å². The lowest BCUT2D eigenvalue weighted by Gasteiger charge is -2.23. The van der Waals surface area contributed by atoms with E-state index >= 15 is 0 Å². The van der Waals surface area contributed by atoms with Gasteiger partial charge in [-0.15, -0.1) is 0 Å². The predicted octanol–water partition coefficient (Wildman–Crippen LogP) is 0.766. The molecule has 1 N–H and O–H groups in total. The highest BCUT2D eigenvalue weighted by Crippen LogP contribution is 2.40. The first kappa shape index (κ1) is 18.8. The Bertz CT molecular complexity index is 811. The highest BCUT2D eigenvalue weighted by molar-refractivity contribution is 7.91. The van der Waals surface area contributed by atoms with Crippen LogP contribution in [-0.2, 0) is 25.8 Å². The molecule has 1 saturated carbocycles. The van der Waals surface area contributed by atoms with E-state index in [2.05, 4.69) is 5.32 Å². The fourth-order valence-electron chi connectivity index (χ4n) is 3.43. The summed E-state index contributed by atoms with van der Waals surface area (Å²) in [4.78, 5) is 26.1. The zero-order valence-corrected chi connectivity index (χ0v) is 15.5. The highest BCUT2D eigenvalue weighted by Gasteiger charge is 2.50. The molecular weight excluding hydrogens is 359 g/mol. The molecule has 2 amide bonds. The van der Waals surface area contributed by atoms with Crippen molar-refractivity contribution in [1.82, 2.24) is 10.2 Å². The molecule has 0 aromatic heterocycles. The Morgan fingerprint density at radius 2 is 2.00 bits per heavy atom. The van der Waals surface area contributed by atoms with E-state index < -0.39 is 9.84 Å². The van der Waals surface area contributed by atoms with E-state index in [-0.39, 0.29) is 47.0 Å². The van der Waals surface area contributed by atoms with Gasteiger partial charge < -0.3 is 10.2 Å². The first-order valence-corrected chi connectivity index (χ1v) is 10.6. The SMILES string of the molecule is CN(C(=O)C1CC1C(=O)NCCc1ccccc1F)C1CCS(=O)(=O)C1. The van der Waals surface area contributed by atoms with Crippen LogP contribution in [0.2, 0.25) is 0 Å². The maximum atomic E-state index is 13.5. The van der Waals surface area contributed by atoms with Crippen molar-refractivity contribution in [2.45, 2.75) is 25.3 Å². The zero-order chi connectivity index (χ0) is 18.9. The topological polar surface area (TPSA) is 83.6 Å². The number of hydrogen-bond donors (Lipinski definition) is 1. The zero-order valence-electron chi connectivity index (χ0n) is 14.7. The number of rotatable bonds is 6. The van der Waals surface area contributed by atoms with Crippen LogP contribution in [0.3, 0.4) is 0 Å². The number of carbonyl (C=O) groups excluding carboxylic acids is 2. The van der Waals surface area contributed by atoms with E-state index in [0.29, 0.717) is 31.4 Å². The molecule has 1 aromatic carbocycles. The van der Waals surface area contributed by atoms with Crippen molar-refractivity contribution in [2.75, 3.05) is 25.1 Å². The molecule has 26 heavy (non-hydrogen) atoms. The minimum atomic E-state index is -3.05. The molecule has 3 atom stereocenters. The van der Waals surface area contributed by atoms with Gasteiger partial charge in [-0.1, -0.05) is 18.2 Å². The molecule has 2 fully saturated rings. The Hall–Kier alpha value is -1.96. The average Bonchev–Trinajstić information content (AvgIpc) is 3.32. The molecule has 3 rings (SSSR count). The average molecular weight is 382 g/mol. The second-order valence-corrected chi connectivity index (χ2v) is 9.32. The normalized spacial score (nSPS) is 26.3. The molecule has 142 valence electrons. The second-order valence-electron chi connectivity index (χ2n) is 7.09. The third kappa shape index (κ3) is 4.23. The van der Waals surface area contributed by atoms with E-state index in [9.17, 15) is 22.4 Å². The summed E-state index contributed by atoms with van der Waals surface area (Å²) in [5.74, 6) is -1.30. The van der Waals surface area contributed by atoms with Crippen molar-refractivity contribution in [1.29, 1.82) is 0 Å². The van der Waals surface area contributed by atoms with Gasteiger partial charge in [0, 0.05) is 19.6 Å². The maximum Gasteiger partial charge on any atom is 0.226 e. The lowest BCUT2D eigenvalue weighted by atomic mass is 10.1. The summed E-state index contributed by atoms with van der Waals surface area (Å²) >= 11 is 0. The van der Waals surface area contributed by atoms with Crippen molar-refractivity contribution in [3.05, 3.63) is 35.6 Å². The quantitative estimate of drug-likeness (QED) is 0.788. The van der Waals surface area contributed by atoms with Crippen molar-refractivity contribution in [3.8, 4) is 0 Å². The third-order valence-corrected chi connectivity index (χ3v) is 6.95. The van der Waals surface area contributed by atoms with Crippen LogP contribution in [-0.4, -0.2) is 56.3 Å². The van der Waals surface area contributed by atoms with Gasteiger partial charge in [-0.25, -0.2) is 12.8 Å². The first-order chi connectivity index (χ1) is 12.3. The van der Waals surface area contributed by atoms with Crippen LogP contribution >= 0.6 is 0 Å². The summed E-state index contributed by atoms with van der Waals surface area (Å²) in [5.41, 5.74) is 0.540. The number of hydrogen-bond acceptors (Lipinski definition) is 4. The molecular formula is C18H23FN2O4S. The number of nitrogens with zero attached hydrogens (tertiary/aromatic N) is 1. The summed E-state index contributed by atoms with van der Waals surface area (Å²) < 4.78 is 36.7. The summed E-state index contributed by atoms with van der Waals surface area (Å²) in [6, 6.07) is 6.12. The molecule has 1 heterocycles. The fraction of sp³-hybridized carbons (Fsp3) is 0.556. The minimum absolute atomic E-state index is 0.00145. The minimum Gasteiger partial charge on any atom is -0.356 e. The maximum absolute atomic E-state index is 13.5. The van der Waals surface area contributed by atoms with E-state index in [4.69, 9.17) is 0 Å². The van der Waals surface area contributed by atoms with E-state index in [0.717, 1.165) is 0 Å². The lowest BCUT2D eigenvalue weighted by Crippen LogP contribution is -2.39. The highest BCUT2D eigenvalue weighted by atomic mass is 32.2. The molecule has 0 radical (unpaired) electrons. The van der Waals surface area contributed by atoms with Crippen molar-refractivity contribution in [2.24, 2.45) is 11.8 Å².